The Morgan fingerprint density at radius 1 is 1.62 bits per heavy atom. The largest absolute Gasteiger partial charge is 0.475 e. The van der Waals surface area contributed by atoms with E-state index < -0.39 is 5.97 Å². The second kappa shape index (κ2) is 2.48. The number of aromatic nitrogens is 1. The van der Waals surface area contributed by atoms with Crippen LogP contribution >= 0.6 is 0 Å². The fourth-order valence-corrected chi connectivity index (χ4v) is 1.09. The first-order valence-electron chi connectivity index (χ1n) is 3.56. The molecule has 2 aromatic rings. The fourth-order valence-electron chi connectivity index (χ4n) is 1.09. The number of hydrogen-bond acceptors (Lipinski definition) is 4. The first-order valence-corrected chi connectivity index (χ1v) is 3.56. The summed E-state index contributed by atoms with van der Waals surface area (Å²) < 4.78 is 4.97. The predicted molar refractivity (Wildman–Crippen MR) is 45.4 cm³/mol. The number of hydrogen-bond donors (Lipinski definition) is 2. The summed E-state index contributed by atoms with van der Waals surface area (Å²) >= 11 is 0. The van der Waals surface area contributed by atoms with Gasteiger partial charge in [0.2, 0.25) is 5.76 Å². The van der Waals surface area contributed by atoms with Gasteiger partial charge < -0.3 is 15.3 Å². The van der Waals surface area contributed by atoms with Crippen molar-refractivity contribution in [3.05, 3.63) is 24.1 Å². The van der Waals surface area contributed by atoms with E-state index >= 15 is 0 Å². The van der Waals surface area contributed by atoms with Gasteiger partial charge in [0.1, 0.15) is 0 Å². The molecule has 0 fully saturated rings. The Kier molecular flexibility index (Phi) is 1.45. The lowest BCUT2D eigenvalue weighted by Crippen LogP contribution is -1.91. The summed E-state index contributed by atoms with van der Waals surface area (Å²) in [6, 6.07) is 3.05. The number of rotatable bonds is 1. The standard InChI is InChI=1S/C8H6N2O3/c9-7-6-4(1-2-10-7)3-5(13-6)8(11)12/h1-3H,(H2,9,10)(H,11,12). The molecule has 5 nitrogen and oxygen atoms in total. The molecule has 3 N–H and O–H groups in total. The molecule has 0 aliphatic carbocycles. The number of nitrogens with zero attached hydrogens (tertiary/aromatic N) is 1. The zero-order chi connectivity index (χ0) is 9.42. The van der Waals surface area contributed by atoms with E-state index in [1.807, 2.05) is 0 Å². The van der Waals surface area contributed by atoms with E-state index in [4.69, 9.17) is 15.3 Å². The smallest absolute Gasteiger partial charge is 0.371 e. The van der Waals surface area contributed by atoms with Crippen molar-refractivity contribution in [2.75, 3.05) is 5.73 Å². The van der Waals surface area contributed by atoms with Crippen molar-refractivity contribution in [1.82, 2.24) is 4.98 Å². The van der Waals surface area contributed by atoms with Crippen molar-refractivity contribution in [3.63, 3.8) is 0 Å². The molecule has 0 unspecified atom stereocenters. The van der Waals surface area contributed by atoms with Gasteiger partial charge in [-0.2, -0.15) is 0 Å². The number of carboxylic acids is 1. The van der Waals surface area contributed by atoms with Crippen LogP contribution in [0, 0.1) is 0 Å². The van der Waals surface area contributed by atoms with Crippen molar-refractivity contribution >= 4 is 22.8 Å². The van der Waals surface area contributed by atoms with Gasteiger partial charge >= 0.3 is 5.97 Å². The van der Waals surface area contributed by atoms with Gasteiger partial charge in [-0.05, 0) is 12.1 Å². The minimum atomic E-state index is -1.12. The number of carbonyl (C=O) groups is 1. The van der Waals surface area contributed by atoms with E-state index in [9.17, 15) is 4.79 Å². The minimum absolute atomic E-state index is 0.130. The van der Waals surface area contributed by atoms with Gasteiger partial charge in [-0.25, -0.2) is 9.78 Å². The van der Waals surface area contributed by atoms with Crippen LogP contribution in [0.4, 0.5) is 5.82 Å². The Morgan fingerprint density at radius 2 is 2.38 bits per heavy atom. The summed E-state index contributed by atoms with van der Waals surface area (Å²) in [7, 11) is 0. The number of carboxylic acid groups (broad SMARTS) is 1. The third-order valence-electron chi connectivity index (χ3n) is 1.67. The van der Waals surface area contributed by atoms with Crippen LogP contribution in [0.2, 0.25) is 0 Å². The molecule has 2 heterocycles. The van der Waals surface area contributed by atoms with Crippen molar-refractivity contribution in [2.24, 2.45) is 0 Å². The van der Waals surface area contributed by atoms with E-state index in [0.29, 0.717) is 11.0 Å². The van der Waals surface area contributed by atoms with E-state index in [2.05, 4.69) is 4.98 Å². The number of fused-ring (bicyclic) bond motifs is 1. The Balaban J connectivity index is 2.75. The van der Waals surface area contributed by atoms with Gasteiger partial charge in [0, 0.05) is 11.6 Å². The van der Waals surface area contributed by atoms with Crippen LogP contribution < -0.4 is 5.73 Å². The van der Waals surface area contributed by atoms with Gasteiger partial charge in [0.25, 0.3) is 0 Å². The summed E-state index contributed by atoms with van der Waals surface area (Å²) in [5.74, 6) is -1.05. The number of aromatic carboxylic acids is 1. The van der Waals surface area contributed by atoms with Crippen LogP contribution in [0.15, 0.2) is 22.7 Å². The molecule has 0 spiro atoms. The maximum atomic E-state index is 10.5. The van der Waals surface area contributed by atoms with Gasteiger partial charge in [0.05, 0.1) is 0 Å². The lowest BCUT2D eigenvalue weighted by atomic mass is 10.3. The van der Waals surface area contributed by atoms with E-state index in [0.717, 1.165) is 0 Å². The lowest BCUT2D eigenvalue weighted by Gasteiger charge is -1.90. The Bertz CT molecular complexity index is 475. The van der Waals surface area contributed by atoms with Gasteiger partial charge in [-0.1, -0.05) is 0 Å². The molecule has 0 saturated heterocycles. The molecule has 0 saturated carbocycles. The lowest BCUT2D eigenvalue weighted by molar-refractivity contribution is 0.0665. The topological polar surface area (TPSA) is 89.3 Å². The summed E-state index contributed by atoms with van der Waals surface area (Å²) in [6.07, 6.45) is 1.50. The van der Waals surface area contributed by atoms with Crippen molar-refractivity contribution in [1.29, 1.82) is 0 Å². The third-order valence-corrected chi connectivity index (χ3v) is 1.67. The summed E-state index contributed by atoms with van der Waals surface area (Å²) in [4.78, 5) is 14.3. The Morgan fingerprint density at radius 3 is 3.00 bits per heavy atom. The van der Waals surface area contributed by atoms with Crippen LogP contribution in [0.25, 0.3) is 11.0 Å². The van der Waals surface area contributed by atoms with E-state index in [1.54, 1.807) is 6.07 Å². The first kappa shape index (κ1) is 7.60. The van der Waals surface area contributed by atoms with E-state index in [-0.39, 0.29) is 11.6 Å². The van der Waals surface area contributed by atoms with Gasteiger partial charge in [-0.3, -0.25) is 0 Å². The zero-order valence-corrected chi connectivity index (χ0v) is 6.52. The maximum absolute atomic E-state index is 10.5. The zero-order valence-electron chi connectivity index (χ0n) is 6.52. The van der Waals surface area contributed by atoms with Gasteiger partial charge in [-0.15, -0.1) is 0 Å². The predicted octanol–water partition coefficient (Wildman–Crippen LogP) is 1.11. The molecule has 0 aliphatic rings. The second-order valence-electron chi connectivity index (χ2n) is 2.53. The summed E-state index contributed by atoms with van der Waals surface area (Å²) in [5, 5.41) is 9.27. The van der Waals surface area contributed by atoms with Crippen LogP contribution in [0.3, 0.4) is 0 Å². The number of pyridine rings is 1. The third kappa shape index (κ3) is 1.10. The highest BCUT2D eigenvalue weighted by Gasteiger charge is 2.11. The average Bonchev–Trinajstić information content (AvgIpc) is 2.49. The number of anilines is 1. The fraction of sp³-hybridized carbons (Fsp3) is 0. The molecule has 0 radical (unpaired) electrons. The maximum Gasteiger partial charge on any atom is 0.371 e. The van der Waals surface area contributed by atoms with E-state index in [1.165, 1.54) is 12.3 Å². The molecule has 2 aromatic heterocycles. The van der Waals surface area contributed by atoms with Crippen LogP contribution in [-0.2, 0) is 0 Å². The van der Waals surface area contributed by atoms with Crippen LogP contribution in [0.5, 0.6) is 0 Å². The molecule has 0 aliphatic heterocycles. The average molecular weight is 178 g/mol. The highest BCUT2D eigenvalue weighted by atomic mass is 16.4. The number of nitrogens with two attached hydrogens (primary N) is 1. The molecule has 0 atom stereocenters. The van der Waals surface area contributed by atoms with Crippen LogP contribution in [-0.4, -0.2) is 16.1 Å². The number of furan rings is 1. The molecule has 0 aromatic carbocycles. The quantitative estimate of drug-likeness (QED) is 0.682. The van der Waals surface area contributed by atoms with Crippen molar-refractivity contribution in [2.45, 2.75) is 0 Å². The minimum Gasteiger partial charge on any atom is -0.475 e. The second-order valence-corrected chi connectivity index (χ2v) is 2.53. The summed E-state index contributed by atoms with van der Waals surface area (Å²) in [6.45, 7) is 0. The molecular weight excluding hydrogens is 172 g/mol. The Labute approximate surface area is 72.8 Å². The first-order chi connectivity index (χ1) is 6.18. The molecule has 13 heavy (non-hydrogen) atoms. The van der Waals surface area contributed by atoms with Crippen molar-refractivity contribution in [3.8, 4) is 0 Å². The van der Waals surface area contributed by atoms with Crippen molar-refractivity contribution < 1.29 is 14.3 Å². The SMILES string of the molecule is Nc1nccc2cc(C(=O)O)oc12. The summed E-state index contributed by atoms with van der Waals surface area (Å²) in [5.41, 5.74) is 5.79. The molecule has 0 bridgehead atoms. The molecule has 2 rings (SSSR count). The monoisotopic (exact) mass is 178 g/mol. The molecule has 0 amide bonds. The molecule has 5 heteroatoms. The van der Waals surface area contributed by atoms with Gasteiger partial charge in [0.15, 0.2) is 11.4 Å². The highest BCUT2D eigenvalue weighted by Crippen LogP contribution is 2.22. The molecular formula is C8H6N2O3. The number of nitrogen functional groups attached to an aromatic ring is 1. The molecule has 66 valence electrons. The Hall–Kier alpha value is -2.04. The highest BCUT2D eigenvalue weighted by molar-refractivity contribution is 5.94. The van der Waals surface area contributed by atoms with Crippen LogP contribution in [0.1, 0.15) is 10.6 Å². The normalized spacial score (nSPS) is 10.5.